The van der Waals surface area contributed by atoms with Crippen LogP contribution in [-0.4, -0.2) is 9.90 Å². The van der Waals surface area contributed by atoms with Crippen LogP contribution in [0.5, 0.6) is 0 Å². The quantitative estimate of drug-likeness (QED) is 0.446. The number of hydrogen-bond donors (Lipinski definition) is 0. The number of nitrogens with zero attached hydrogens (tertiary/aromatic N) is 2. The van der Waals surface area contributed by atoms with Gasteiger partial charge in [0, 0.05) is 5.33 Å². The van der Waals surface area contributed by atoms with Crippen molar-refractivity contribution in [3.8, 4) is 0 Å². The molecule has 0 fully saturated rings. The first-order chi connectivity index (χ1) is 9.38. The van der Waals surface area contributed by atoms with E-state index in [4.69, 9.17) is 0 Å². The largest absolute Gasteiger partial charge is 1.00 e. The van der Waals surface area contributed by atoms with Crippen LogP contribution in [0.2, 0.25) is 0 Å². The van der Waals surface area contributed by atoms with Crippen LogP contribution < -0.4 is 21.5 Å². The molecule has 0 saturated heterocycles. The lowest BCUT2D eigenvalue weighted by molar-refractivity contribution is -0.663. The molecule has 0 bridgehead atoms. The van der Waals surface area contributed by atoms with Crippen LogP contribution in [0.3, 0.4) is 0 Å². The molecule has 104 valence electrons. The van der Waals surface area contributed by atoms with Crippen molar-refractivity contribution in [1.29, 1.82) is 0 Å². The molecule has 2 nitrogen and oxygen atoms in total. The van der Waals surface area contributed by atoms with E-state index in [2.05, 4.69) is 86.0 Å². The minimum atomic E-state index is 0. The van der Waals surface area contributed by atoms with Crippen molar-refractivity contribution >= 4 is 27.0 Å². The van der Waals surface area contributed by atoms with Gasteiger partial charge in [0.15, 0.2) is 11.0 Å². The zero-order valence-electron chi connectivity index (χ0n) is 11.0. The van der Waals surface area contributed by atoms with E-state index in [1.54, 1.807) is 0 Å². The van der Waals surface area contributed by atoms with Crippen LogP contribution in [-0.2, 0) is 13.1 Å². The first kappa shape index (κ1) is 15.3. The Kier molecular flexibility index (Phi) is 5.38. The Hall–Kier alpha value is -1.13. The van der Waals surface area contributed by atoms with Gasteiger partial charge >= 0.3 is 0 Å². The zero-order valence-corrected chi connectivity index (χ0v) is 14.2. The van der Waals surface area contributed by atoms with E-state index in [1.807, 2.05) is 0 Å². The lowest BCUT2D eigenvalue weighted by atomic mass is 10.2. The summed E-state index contributed by atoms with van der Waals surface area (Å²) in [5.41, 5.74) is 3.90. The average Bonchev–Trinajstić information content (AvgIpc) is 2.79. The molecule has 3 rings (SSSR count). The number of alkyl halides is 1. The molecular formula is C16H16Br2N2. The summed E-state index contributed by atoms with van der Waals surface area (Å²) in [7, 11) is 0. The van der Waals surface area contributed by atoms with E-state index in [-0.39, 0.29) is 17.0 Å². The molecule has 1 aromatic heterocycles. The third-order valence-electron chi connectivity index (χ3n) is 3.30. The summed E-state index contributed by atoms with van der Waals surface area (Å²) in [6.07, 6.45) is 2.21. The molecule has 0 radical (unpaired) electrons. The fraction of sp³-hybridized carbons (Fsp3) is 0.188. The third-order valence-corrected chi connectivity index (χ3v) is 3.66. The normalized spacial score (nSPS) is 10.4. The topological polar surface area (TPSA) is 8.81 Å². The van der Waals surface area contributed by atoms with Crippen LogP contribution in [0.4, 0.5) is 0 Å². The van der Waals surface area contributed by atoms with Gasteiger partial charge in [-0.15, -0.1) is 0 Å². The molecule has 0 unspecified atom stereocenters. The molecule has 0 saturated carbocycles. The summed E-state index contributed by atoms with van der Waals surface area (Å²) < 4.78 is 4.61. The highest BCUT2D eigenvalue weighted by atomic mass is 79.9. The Morgan fingerprint density at radius 3 is 2.40 bits per heavy atom. The SMILES string of the molecule is BrCCn1c[n+](Cc2ccccc2)c2ccccc21.[Br-]. The number of halogens is 2. The van der Waals surface area contributed by atoms with Crippen molar-refractivity contribution in [2.24, 2.45) is 0 Å². The van der Waals surface area contributed by atoms with Crippen molar-refractivity contribution in [2.75, 3.05) is 5.33 Å². The van der Waals surface area contributed by atoms with Crippen LogP contribution in [0.1, 0.15) is 5.56 Å². The second kappa shape index (κ2) is 7.04. The van der Waals surface area contributed by atoms with E-state index in [0.29, 0.717) is 0 Å². The molecule has 0 aliphatic heterocycles. The van der Waals surface area contributed by atoms with Gasteiger partial charge in [-0.25, -0.2) is 9.13 Å². The molecule has 2 aromatic carbocycles. The van der Waals surface area contributed by atoms with Gasteiger partial charge in [-0.05, 0) is 17.7 Å². The number of benzene rings is 2. The predicted molar refractivity (Wildman–Crippen MR) is 81.5 cm³/mol. The van der Waals surface area contributed by atoms with Gasteiger partial charge in [-0.3, -0.25) is 0 Å². The summed E-state index contributed by atoms with van der Waals surface area (Å²) in [5.74, 6) is 0. The van der Waals surface area contributed by atoms with Crippen LogP contribution >= 0.6 is 15.9 Å². The van der Waals surface area contributed by atoms with E-state index in [9.17, 15) is 0 Å². The number of imidazole rings is 1. The van der Waals surface area contributed by atoms with Crippen molar-refractivity contribution in [1.82, 2.24) is 4.57 Å². The highest BCUT2D eigenvalue weighted by molar-refractivity contribution is 9.09. The Morgan fingerprint density at radius 1 is 0.950 bits per heavy atom. The summed E-state index contributed by atoms with van der Waals surface area (Å²) in [6.45, 7) is 1.90. The molecular weight excluding hydrogens is 380 g/mol. The zero-order chi connectivity index (χ0) is 13.1. The maximum atomic E-state index is 3.52. The van der Waals surface area contributed by atoms with Gasteiger partial charge in [-0.2, -0.15) is 0 Å². The Labute approximate surface area is 137 Å². The van der Waals surface area contributed by atoms with Gasteiger partial charge in [0.05, 0.1) is 0 Å². The number of aryl methyl sites for hydroxylation is 1. The van der Waals surface area contributed by atoms with Crippen LogP contribution in [0.25, 0.3) is 11.0 Å². The minimum Gasteiger partial charge on any atom is -1.00 e. The maximum Gasteiger partial charge on any atom is 0.245 e. The minimum absolute atomic E-state index is 0. The predicted octanol–water partition coefficient (Wildman–Crippen LogP) is 0.376. The van der Waals surface area contributed by atoms with Crippen molar-refractivity contribution in [3.05, 3.63) is 66.5 Å². The lowest BCUT2D eigenvalue weighted by Crippen LogP contribution is -3.00. The molecule has 4 heteroatoms. The molecule has 0 aliphatic rings. The smallest absolute Gasteiger partial charge is 0.245 e. The van der Waals surface area contributed by atoms with Crippen molar-refractivity contribution in [3.63, 3.8) is 0 Å². The highest BCUT2D eigenvalue weighted by Gasteiger charge is 2.14. The standard InChI is InChI=1S/C16H16BrN2.BrH/c17-10-11-18-13-19(12-14-6-2-1-3-7-14)16-9-5-4-8-15(16)18;/h1-9,13H,10-12H2;1H/q+1;/p-1. The fourth-order valence-electron chi connectivity index (χ4n) is 2.42. The Balaban J connectivity index is 0.00000147. The summed E-state index contributed by atoms with van der Waals surface area (Å²) in [5, 5.41) is 0.969. The first-order valence-corrected chi connectivity index (χ1v) is 7.58. The Morgan fingerprint density at radius 2 is 1.65 bits per heavy atom. The van der Waals surface area contributed by atoms with Gasteiger partial charge in [0.2, 0.25) is 6.33 Å². The number of aromatic nitrogens is 2. The fourth-order valence-corrected chi connectivity index (χ4v) is 2.80. The van der Waals surface area contributed by atoms with E-state index < -0.39 is 0 Å². The maximum absolute atomic E-state index is 3.52. The molecule has 20 heavy (non-hydrogen) atoms. The second-order valence-corrected chi connectivity index (χ2v) is 5.39. The molecule has 0 N–H and O–H groups in total. The Bertz CT molecular complexity index is 677. The van der Waals surface area contributed by atoms with Crippen molar-refractivity contribution < 1.29 is 21.5 Å². The van der Waals surface area contributed by atoms with Crippen LogP contribution in [0, 0.1) is 0 Å². The highest BCUT2D eigenvalue weighted by Crippen LogP contribution is 2.12. The molecule has 1 heterocycles. The molecule has 0 atom stereocenters. The number of hydrogen-bond acceptors (Lipinski definition) is 0. The number of para-hydroxylation sites is 2. The van der Waals surface area contributed by atoms with E-state index in [0.717, 1.165) is 18.4 Å². The van der Waals surface area contributed by atoms with Crippen molar-refractivity contribution in [2.45, 2.75) is 13.1 Å². The lowest BCUT2D eigenvalue weighted by Gasteiger charge is -1.97. The monoisotopic (exact) mass is 394 g/mol. The molecule has 3 aromatic rings. The number of rotatable bonds is 4. The molecule has 0 spiro atoms. The first-order valence-electron chi connectivity index (χ1n) is 6.45. The van der Waals surface area contributed by atoms with Gasteiger partial charge in [-0.1, -0.05) is 58.4 Å². The number of fused-ring (bicyclic) bond motifs is 1. The molecule has 0 amide bonds. The van der Waals surface area contributed by atoms with Crippen LogP contribution in [0.15, 0.2) is 60.9 Å². The van der Waals surface area contributed by atoms with E-state index >= 15 is 0 Å². The average molecular weight is 396 g/mol. The van der Waals surface area contributed by atoms with Gasteiger partial charge in [0.25, 0.3) is 0 Å². The summed E-state index contributed by atoms with van der Waals surface area (Å²) in [4.78, 5) is 0. The van der Waals surface area contributed by atoms with E-state index in [1.165, 1.54) is 16.6 Å². The van der Waals surface area contributed by atoms with Gasteiger partial charge < -0.3 is 17.0 Å². The summed E-state index contributed by atoms with van der Waals surface area (Å²) in [6, 6.07) is 19.1. The second-order valence-electron chi connectivity index (χ2n) is 4.60. The summed E-state index contributed by atoms with van der Waals surface area (Å²) >= 11 is 3.52. The third kappa shape index (κ3) is 3.13. The van der Waals surface area contributed by atoms with Gasteiger partial charge in [0.1, 0.15) is 13.1 Å². The molecule has 0 aliphatic carbocycles.